The molecular weight excluding hydrogens is 320 g/mol. The van der Waals surface area contributed by atoms with E-state index in [0.29, 0.717) is 12.6 Å². The highest BCUT2D eigenvalue weighted by atomic mass is 16.5. The molecule has 0 spiro atoms. The third kappa shape index (κ3) is 6.15. The summed E-state index contributed by atoms with van der Waals surface area (Å²) in [5, 5.41) is 7.07. The predicted molar refractivity (Wildman–Crippen MR) is 109 cm³/mol. The molecule has 2 aromatic carbocycles. The van der Waals surface area contributed by atoms with Gasteiger partial charge in [0, 0.05) is 12.6 Å². The molecule has 26 heavy (non-hydrogen) atoms. The van der Waals surface area contributed by atoms with Crippen LogP contribution in [0.5, 0.6) is 5.75 Å². The van der Waals surface area contributed by atoms with Crippen molar-refractivity contribution in [2.75, 3.05) is 13.1 Å². The highest BCUT2D eigenvalue weighted by Crippen LogP contribution is 2.16. The maximum absolute atomic E-state index is 6.01. The molecule has 0 aliphatic carbocycles. The van der Waals surface area contributed by atoms with Crippen LogP contribution in [0.15, 0.2) is 48.5 Å². The number of hydrogen-bond acceptors (Lipinski definition) is 3. The summed E-state index contributed by atoms with van der Waals surface area (Å²) in [6, 6.07) is 17.9. The molecule has 0 unspecified atom stereocenters. The fraction of sp³-hybridized carbons (Fsp3) is 0.478. The minimum absolute atomic E-state index is 0.624. The predicted octanol–water partition coefficient (Wildman–Crippen LogP) is 4.45. The van der Waals surface area contributed by atoms with E-state index in [1.54, 1.807) is 0 Å². The van der Waals surface area contributed by atoms with E-state index in [9.17, 15) is 0 Å². The first-order valence-corrected chi connectivity index (χ1v) is 10.1. The molecule has 1 heterocycles. The van der Waals surface area contributed by atoms with E-state index in [-0.39, 0.29) is 0 Å². The summed E-state index contributed by atoms with van der Waals surface area (Å²) in [6.45, 7) is 6.02. The zero-order chi connectivity index (χ0) is 18.0. The molecule has 0 saturated carbocycles. The highest BCUT2D eigenvalue weighted by molar-refractivity contribution is 5.29. The number of benzene rings is 2. The minimum atomic E-state index is 0.624. The molecule has 0 radical (unpaired) electrons. The number of piperidine rings is 1. The number of hydrogen-bond donors (Lipinski definition) is 2. The van der Waals surface area contributed by atoms with E-state index < -0.39 is 0 Å². The van der Waals surface area contributed by atoms with E-state index in [4.69, 9.17) is 4.74 Å². The van der Waals surface area contributed by atoms with Gasteiger partial charge in [-0.05, 0) is 67.6 Å². The van der Waals surface area contributed by atoms with Crippen molar-refractivity contribution in [3.63, 3.8) is 0 Å². The Balaban J connectivity index is 1.47. The Hall–Kier alpha value is -1.84. The molecule has 0 amide bonds. The lowest BCUT2D eigenvalue weighted by Crippen LogP contribution is -2.39. The Labute approximate surface area is 158 Å². The van der Waals surface area contributed by atoms with E-state index >= 15 is 0 Å². The SMILES string of the molecule is CCCCc1ccc(COc2cccc(CNC3CCNCC3)c2)cc1. The van der Waals surface area contributed by atoms with Crippen molar-refractivity contribution >= 4 is 0 Å². The summed E-state index contributed by atoms with van der Waals surface area (Å²) in [4.78, 5) is 0. The Morgan fingerprint density at radius 1 is 1.00 bits per heavy atom. The molecule has 3 rings (SSSR count). The van der Waals surface area contributed by atoms with E-state index in [1.165, 1.54) is 48.8 Å². The standard InChI is InChI=1S/C23H32N2O/c1-2-3-5-19-8-10-20(11-9-19)18-26-23-7-4-6-21(16-23)17-25-22-12-14-24-15-13-22/h4,6-11,16,22,24-25H,2-3,5,12-15,17-18H2,1H3. The normalized spacial score (nSPS) is 15.1. The molecule has 3 nitrogen and oxygen atoms in total. The maximum atomic E-state index is 6.01. The number of nitrogens with one attached hydrogen (secondary N) is 2. The molecule has 2 N–H and O–H groups in total. The Kier molecular flexibility index (Phi) is 7.53. The van der Waals surface area contributed by atoms with Crippen LogP contribution in [-0.4, -0.2) is 19.1 Å². The van der Waals surface area contributed by atoms with Crippen molar-refractivity contribution in [3.8, 4) is 5.75 Å². The molecule has 1 aliphatic heterocycles. The van der Waals surface area contributed by atoms with Crippen molar-refractivity contribution in [1.82, 2.24) is 10.6 Å². The first-order valence-electron chi connectivity index (χ1n) is 10.1. The fourth-order valence-corrected chi connectivity index (χ4v) is 3.38. The fourth-order valence-electron chi connectivity index (χ4n) is 3.38. The second kappa shape index (κ2) is 10.3. The monoisotopic (exact) mass is 352 g/mol. The van der Waals surface area contributed by atoms with Crippen molar-refractivity contribution in [1.29, 1.82) is 0 Å². The van der Waals surface area contributed by atoms with Crippen LogP contribution < -0.4 is 15.4 Å². The van der Waals surface area contributed by atoms with Crippen LogP contribution in [0.1, 0.15) is 49.3 Å². The van der Waals surface area contributed by atoms with Gasteiger partial charge in [0.15, 0.2) is 0 Å². The third-order valence-electron chi connectivity index (χ3n) is 5.08. The van der Waals surface area contributed by atoms with Crippen LogP contribution in [-0.2, 0) is 19.6 Å². The minimum Gasteiger partial charge on any atom is -0.489 e. The Bertz CT molecular complexity index is 648. The average Bonchev–Trinajstić information content (AvgIpc) is 2.71. The number of ether oxygens (including phenoxy) is 1. The molecule has 0 aromatic heterocycles. The highest BCUT2D eigenvalue weighted by Gasteiger charge is 2.11. The molecule has 1 saturated heterocycles. The van der Waals surface area contributed by atoms with Crippen molar-refractivity contribution in [2.24, 2.45) is 0 Å². The van der Waals surface area contributed by atoms with Gasteiger partial charge in [0.25, 0.3) is 0 Å². The molecule has 1 fully saturated rings. The van der Waals surface area contributed by atoms with Gasteiger partial charge in [-0.25, -0.2) is 0 Å². The summed E-state index contributed by atoms with van der Waals surface area (Å²) >= 11 is 0. The largest absolute Gasteiger partial charge is 0.489 e. The zero-order valence-electron chi connectivity index (χ0n) is 16.0. The van der Waals surface area contributed by atoms with Crippen molar-refractivity contribution in [2.45, 2.75) is 58.2 Å². The lowest BCUT2D eigenvalue weighted by atomic mass is 10.1. The van der Waals surface area contributed by atoms with Gasteiger partial charge >= 0.3 is 0 Å². The summed E-state index contributed by atoms with van der Waals surface area (Å²) in [6.07, 6.45) is 6.10. The van der Waals surface area contributed by atoms with Gasteiger partial charge < -0.3 is 15.4 Å². The van der Waals surface area contributed by atoms with Gasteiger partial charge in [-0.15, -0.1) is 0 Å². The van der Waals surface area contributed by atoms with Crippen molar-refractivity contribution in [3.05, 3.63) is 65.2 Å². The van der Waals surface area contributed by atoms with Gasteiger partial charge in [0.05, 0.1) is 0 Å². The summed E-state index contributed by atoms with van der Waals surface area (Å²) in [5.41, 5.74) is 3.93. The van der Waals surface area contributed by atoms with Crippen LogP contribution in [0.4, 0.5) is 0 Å². The second-order valence-electron chi connectivity index (χ2n) is 7.26. The van der Waals surface area contributed by atoms with Gasteiger partial charge in [0.1, 0.15) is 12.4 Å². The first-order chi connectivity index (χ1) is 12.8. The van der Waals surface area contributed by atoms with Gasteiger partial charge in [0.2, 0.25) is 0 Å². The summed E-state index contributed by atoms with van der Waals surface area (Å²) in [5.74, 6) is 0.949. The third-order valence-corrected chi connectivity index (χ3v) is 5.08. The first kappa shape index (κ1) is 18.9. The van der Waals surface area contributed by atoms with Crippen LogP contribution >= 0.6 is 0 Å². The molecule has 140 valence electrons. The molecule has 0 atom stereocenters. The summed E-state index contributed by atoms with van der Waals surface area (Å²) < 4.78 is 6.01. The zero-order valence-corrected chi connectivity index (χ0v) is 16.0. The van der Waals surface area contributed by atoms with Crippen LogP contribution in [0.2, 0.25) is 0 Å². The van der Waals surface area contributed by atoms with Crippen LogP contribution in [0.3, 0.4) is 0 Å². The number of unbranched alkanes of at least 4 members (excludes halogenated alkanes) is 1. The quantitative estimate of drug-likeness (QED) is 0.699. The molecule has 3 heteroatoms. The molecule has 0 bridgehead atoms. The average molecular weight is 353 g/mol. The molecular formula is C23H32N2O. The molecule has 2 aromatic rings. The maximum Gasteiger partial charge on any atom is 0.120 e. The van der Waals surface area contributed by atoms with Crippen LogP contribution in [0, 0.1) is 0 Å². The topological polar surface area (TPSA) is 33.3 Å². The number of aryl methyl sites for hydroxylation is 1. The molecule has 1 aliphatic rings. The van der Waals surface area contributed by atoms with Gasteiger partial charge in [-0.2, -0.15) is 0 Å². The van der Waals surface area contributed by atoms with Gasteiger partial charge in [-0.3, -0.25) is 0 Å². The lowest BCUT2D eigenvalue weighted by molar-refractivity contribution is 0.305. The van der Waals surface area contributed by atoms with E-state index in [0.717, 1.165) is 25.4 Å². The smallest absolute Gasteiger partial charge is 0.120 e. The van der Waals surface area contributed by atoms with Gasteiger partial charge in [-0.1, -0.05) is 49.7 Å². The van der Waals surface area contributed by atoms with E-state index in [2.05, 4.69) is 60.0 Å². The summed E-state index contributed by atoms with van der Waals surface area (Å²) in [7, 11) is 0. The lowest BCUT2D eigenvalue weighted by Gasteiger charge is -2.23. The second-order valence-corrected chi connectivity index (χ2v) is 7.26. The Morgan fingerprint density at radius 2 is 1.77 bits per heavy atom. The number of rotatable bonds is 9. The van der Waals surface area contributed by atoms with Crippen LogP contribution in [0.25, 0.3) is 0 Å². The van der Waals surface area contributed by atoms with E-state index in [1.807, 2.05) is 6.07 Å². The van der Waals surface area contributed by atoms with Crippen molar-refractivity contribution < 1.29 is 4.74 Å². The Morgan fingerprint density at radius 3 is 2.54 bits per heavy atom.